The number of halogens is 2. The molecule has 1 unspecified atom stereocenters. The molecule has 1 atom stereocenters. The molecule has 1 aromatic rings. The fourth-order valence-corrected chi connectivity index (χ4v) is 2.25. The van der Waals surface area contributed by atoms with Crippen LogP contribution in [0, 0.1) is 0 Å². The Balaban J connectivity index is 2.30. The van der Waals surface area contributed by atoms with E-state index < -0.39 is 6.10 Å². The Morgan fingerprint density at radius 2 is 2.00 bits per heavy atom. The molecule has 0 spiro atoms. The van der Waals surface area contributed by atoms with Gasteiger partial charge in [0.2, 0.25) is 0 Å². The highest BCUT2D eigenvalue weighted by atomic mass is 35.5. The summed E-state index contributed by atoms with van der Waals surface area (Å²) in [6, 6.07) is 5.70. The van der Waals surface area contributed by atoms with E-state index in [0.29, 0.717) is 28.2 Å². The summed E-state index contributed by atoms with van der Waals surface area (Å²) in [5.74, 6) is 0. The molecule has 0 bridgehead atoms. The number of aliphatic hydroxyl groups is 1. The van der Waals surface area contributed by atoms with Gasteiger partial charge in [0, 0.05) is 28.2 Å². The Kier molecular flexibility index (Phi) is 7.85. The smallest absolute Gasteiger partial charge is 0.0929 e. The summed E-state index contributed by atoms with van der Waals surface area (Å²) in [6.07, 6.45) is 0.411. The summed E-state index contributed by atoms with van der Waals surface area (Å²) >= 11 is 12.0. The van der Waals surface area contributed by atoms with Crippen LogP contribution >= 0.6 is 23.2 Å². The normalized spacial score (nSPS) is 13.2. The van der Waals surface area contributed by atoms with Crippen LogP contribution in [-0.2, 0) is 0 Å². The molecular formula is C15H24Cl2N2O. The lowest BCUT2D eigenvalue weighted by Gasteiger charge is -2.21. The molecule has 1 rings (SSSR count). The summed E-state index contributed by atoms with van der Waals surface area (Å²) in [5, 5.41) is 14.5. The second-order valence-corrected chi connectivity index (χ2v) is 6.16. The highest BCUT2D eigenvalue weighted by molar-refractivity contribution is 6.33. The largest absolute Gasteiger partial charge is 0.387 e. The van der Waals surface area contributed by atoms with E-state index in [1.807, 2.05) is 0 Å². The van der Waals surface area contributed by atoms with Crippen molar-refractivity contribution in [2.45, 2.75) is 32.4 Å². The number of nitrogens with one attached hydrogen (secondary N) is 1. The predicted molar refractivity (Wildman–Crippen MR) is 86.7 cm³/mol. The topological polar surface area (TPSA) is 35.5 Å². The average molecular weight is 319 g/mol. The number of hydrogen-bond donors (Lipinski definition) is 2. The van der Waals surface area contributed by atoms with Gasteiger partial charge < -0.3 is 15.3 Å². The summed E-state index contributed by atoms with van der Waals surface area (Å²) in [7, 11) is 2.12. The molecule has 0 radical (unpaired) electrons. The Morgan fingerprint density at radius 3 is 2.65 bits per heavy atom. The zero-order valence-electron chi connectivity index (χ0n) is 12.4. The Labute approximate surface area is 131 Å². The fourth-order valence-electron chi connectivity index (χ4n) is 1.83. The van der Waals surface area contributed by atoms with E-state index in [1.54, 1.807) is 18.2 Å². The van der Waals surface area contributed by atoms with Gasteiger partial charge in [-0.3, -0.25) is 0 Å². The summed E-state index contributed by atoms with van der Waals surface area (Å²) in [5.41, 5.74) is 0.672. The Bertz CT molecular complexity index is 413. The molecule has 1 aromatic carbocycles. The highest BCUT2D eigenvalue weighted by Crippen LogP contribution is 2.25. The third-order valence-electron chi connectivity index (χ3n) is 3.40. The van der Waals surface area contributed by atoms with Crippen LogP contribution in [0.25, 0.3) is 0 Å². The van der Waals surface area contributed by atoms with Gasteiger partial charge in [0.1, 0.15) is 0 Å². The van der Waals surface area contributed by atoms with Crippen molar-refractivity contribution in [2.75, 3.05) is 26.7 Å². The second-order valence-electron chi connectivity index (χ2n) is 5.31. The zero-order chi connectivity index (χ0) is 15.1. The van der Waals surface area contributed by atoms with Gasteiger partial charge in [0.25, 0.3) is 0 Å². The minimum Gasteiger partial charge on any atom is -0.387 e. The van der Waals surface area contributed by atoms with Gasteiger partial charge in [-0.25, -0.2) is 0 Å². The number of hydrogen-bond acceptors (Lipinski definition) is 3. The van der Waals surface area contributed by atoms with Crippen molar-refractivity contribution in [3.63, 3.8) is 0 Å². The van der Waals surface area contributed by atoms with Crippen LogP contribution in [0.5, 0.6) is 0 Å². The Hall–Kier alpha value is -0.320. The Morgan fingerprint density at radius 1 is 1.30 bits per heavy atom. The van der Waals surface area contributed by atoms with Crippen molar-refractivity contribution in [3.8, 4) is 0 Å². The van der Waals surface area contributed by atoms with E-state index in [0.717, 1.165) is 19.5 Å². The molecule has 114 valence electrons. The lowest BCUT2D eigenvalue weighted by atomic mass is 10.1. The molecular weight excluding hydrogens is 295 g/mol. The minimum atomic E-state index is -0.635. The van der Waals surface area contributed by atoms with E-state index in [-0.39, 0.29) is 0 Å². The molecule has 20 heavy (non-hydrogen) atoms. The van der Waals surface area contributed by atoms with Crippen molar-refractivity contribution >= 4 is 23.2 Å². The van der Waals surface area contributed by atoms with Gasteiger partial charge in [-0.15, -0.1) is 0 Å². The third-order valence-corrected chi connectivity index (χ3v) is 3.98. The van der Waals surface area contributed by atoms with Crippen molar-refractivity contribution < 1.29 is 5.11 Å². The molecule has 0 aliphatic heterocycles. The molecule has 0 heterocycles. The van der Waals surface area contributed by atoms with E-state index in [2.05, 4.69) is 31.1 Å². The molecule has 0 fully saturated rings. The zero-order valence-corrected chi connectivity index (χ0v) is 13.9. The summed E-state index contributed by atoms with van der Waals surface area (Å²) < 4.78 is 0. The van der Waals surface area contributed by atoms with E-state index >= 15 is 0 Å². The molecule has 0 saturated carbocycles. The lowest BCUT2D eigenvalue weighted by Crippen LogP contribution is -2.30. The molecule has 0 amide bonds. The number of benzene rings is 1. The first-order valence-electron chi connectivity index (χ1n) is 6.95. The summed E-state index contributed by atoms with van der Waals surface area (Å²) in [6.45, 7) is 6.74. The van der Waals surface area contributed by atoms with Crippen molar-refractivity contribution in [2.24, 2.45) is 0 Å². The maximum Gasteiger partial charge on any atom is 0.0929 e. The first-order valence-corrected chi connectivity index (χ1v) is 7.71. The van der Waals surface area contributed by atoms with Crippen LogP contribution in [0.15, 0.2) is 18.2 Å². The average Bonchev–Trinajstić information content (AvgIpc) is 2.40. The lowest BCUT2D eigenvalue weighted by molar-refractivity contribution is 0.174. The SMILES string of the molecule is CC(C)N(C)CCCNCC(O)c1cc(Cl)ccc1Cl. The second kappa shape index (κ2) is 8.85. The molecule has 0 aliphatic rings. The van der Waals surface area contributed by atoms with Crippen molar-refractivity contribution in [1.82, 2.24) is 10.2 Å². The van der Waals surface area contributed by atoms with Gasteiger partial charge in [-0.1, -0.05) is 23.2 Å². The van der Waals surface area contributed by atoms with Crippen LogP contribution in [-0.4, -0.2) is 42.7 Å². The van der Waals surface area contributed by atoms with Crippen LogP contribution in [0.3, 0.4) is 0 Å². The molecule has 2 N–H and O–H groups in total. The van der Waals surface area contributed by atoms with E-state index in [1.165, 1.54) is 0 Å². The van der Waals surface area contributed by atoms with Crippen LogP contribution in [0.1, 0.15) is 31.9 Å². The molecule has 0 aromatic heterocycles. The highest BCUT2D eigenvalue weighted by Gasteiger charge is 2.11. The van der Waals surface area contributed by atoms with Gasteiger partial charge >= 0.3 is 0 Å². The van der Waals surface area contributed by atoms with Gasteiger partial charge in [0.05, 0.1) is 6.10 Å². The van der Waals surface area contributed by atoms with Crippen LogP contribution in [0.2, 0.25) is 10.0 Å². The minimum absolute atomic E-state index is 0.478. The molecule has 3 nitrogen and oxygen atoms in total. The maximum atomic E-state index is 10.1. The van der Waals surface area contributed by atoms with Gasteiger partial charge in [-0.05, 0) is 58.6 Å². The third kappa shape index (κ3) is 5.98. The van der Waals surface area contributed by atoms with Crippen molar-refractivity contribution in [3.05, 3.63) is 33.8 Å². The van der Waals surface area contributed by atoms with Gasteiger partial charge in [0.15, 0.2) is 0 Å². The summed E-state index contributed by atoms with van der Waals surface area (Å²) in [4.78, 5) is 2.30. The maximum absolute atomic E-state index is 10.1. The fraction of sp³-hybridized carbons (Fsp3) is 0.600. The number of nitrogens with zero attached hydrogens (tertiary/aromatic N) is 1. The standard InChI is InChI=1S/C15H24Cl2N2O/c1-11(2)19(3)8-4-7-18-10-15(20)13-9-12(16)5-6-14(13)17/h5-6,9,11,15,18,20H,4,7-8,10H2,1-3H3. The molecule has 0 aliphatic carbocycles. The van der Waals surface area contributed by atoms with Gasteiger partial charge in [-0.2, -0.15) is 0 Å². The first-order chi connectivity index (χ1) is 9.41. The predicted octanol–water partition coefficient (Wildman–Crippen LogP) is 3.35. The quantitative estimate of drug-likeness (QED) is 0.721. The number of aliphatic hydroxyl groups excluding tert-OH is 1. The molecule has 0 saturated heterocycles. The van der Waals surface area contributed by atoms with Crippen LogP contribution < -0.4 is 5.32 Å². The first kappa shape index (κ1) is 17.7. The molecule has 5 heteroatoms. The monoisotopic (exact) mass is 318 g/mol. The van der Waals surface area contributed by atoms with Crippen molar-refractivity contribution in [1.29, 1.82) is 0 Å². The van der Waals surface area contributed by atoms with Crippen LogP contribution in [0.4, 0.5) is 0 Å². The van der Waals surface area contributed by atoms with E-state index in [4.69, 9.17) is 23.2 Å². The number of rotatable bonds is 8. The van der Waals surface area contributed by atoms with E-state index in [9.17, 15) is 5.11 Å².